The fraction of sp³-hybridized carbons (Fsp3) is 0.667. The first-order chi connectivity index (χ1) is 6.16. The Hall–Kier alpha value is -0.690. The van der Waals surface area contributed by atoms with Crippen LogP contribution in [0.2, 0.25) is 0 Å². The van der Waals surface area contributed by atoms with Gasteiger partial charge < -0.3 is 9.80 Å². The van der Waals surface area contributed by atoms with E-state index in [-0.39, 0.29) is 12.1 Å². The van der Waals surface area contributed by atoms with Crippen molar-refractivity contribution in [2.24, 2.45) is 0 Å². The molecule has 4 heteroatoms. The lowest BCUT2D eigenvalue weighted by Crippen LogP contribution is -2.35. The predicted molar refractivity (Wildman–Crippen MR) is 55.8 cm³/mol. The highest BCUT2D eigenvalue weighted by atomic mass is 79.9. The van der Waals surface area contributed by atoms with Gasteiger partial charge in [0.05, 0.1) is 11.4 Å². The average molecular weight is 245 g/mol. The second kappa shape index (κ2) is 4.52. The van der Waals surface area contributed by atoms with Crippen LogP contribution in [0.15, 0.2) is 0 Å². The molecule has 0 radical (unpaired) electrons. The summed E-state index contributed by atoms with van der Waals surface area (Å²) in [7, 11) is 1.81. The molecule has 1 atom stereocenters. The zero-order valence-electron chi connectivity index (χ0n) is 7.88. The SMILES string of the molecule is CC(C#CCBr)N1CCN(C)C1=O. The Bertz CT molecular complexity index is 256. The molecule has 1 unspecified atom stereocenters. The lowest BCUT2D eigenvalue weighted by molar-refractivity contribution is 0.194. The van der Waals surface area contributed by atoms with Crippen LogP contribution in [0.1, 0.15) is 6.92 Å². The van der Waals surface area contributed by atoms with Crippen LogP contribution in [0, 0.1) is 11.8 Å². The van der Waals surface area contributed by atoms with Crippen molar-refractivity contribution in [2.45, 2.75) is 13.0 Å². The maximum Gasteiger partial charge on any atom is 0.320 e. The number of carbonyl (C=O) groups is 1. The molecule has 1 aliphatic heterocycles. The molecule has 1 aliphatic rings. The van der Waals surface area contributed by atoms with Crippen molar-refractivity contribution in [3.63, 3.8) is 0 Å². The van der Waals surface area contributed by atoms with Gasteiger partial charge in [-0.3, -0.25) is 0 Å². The second-order valence-corrected chi connectivity index (χ2v) is 3.59. The van der Waals surface area contributed by atoms with Gasteiger partial charge in [0.2, 0.25) is 0 Å². The first-order valence-corrected chi connectivity index (χ1v) is 5.35. The summed E-state index contributed by atoms with van der Waals surface area (Å²) in [6, 6.07) is 0.103. The number of halogens is 1. The molecular weight excluding hydrogens is 232 g/mol. The zero-order chi connectivity index (χ0) is 9.84. The highest BCUT2D eigenvalue weighted by Gasteiger charge is 2.28. The molecule has 0 spiro atoms. The Morgan fingerprint density at radius 1 is 1.62 bits per heavy atom. The Morgan fingerprint density at radius 2 is 2.31 bits per heavy atom. The standard InChI is InChI=1S/C9H13BrN2O/c1-8(4-3-5-10)12-7-6-11(2)9(12)13/h8H,5-7H2,1-2H3. The van der Waals surface area contributed by atoms with Gasteiger partial charge >= 0.3 is 6.03 Å². The number of carbonyl (C=O) groups excluding carboxylic acids is 1. The largest absolute Gasteiger partial charge is 0.326 e. The molecule has 72 valence electrons. The van der Waals surface area contributed by atoms with Gasteiger partial charge in [-0.25, -0.2) is 4.79 Å². The van der Waals surface area contributed by atoms with E-state index in [9.17, 15) is 4.79 Å². The van der Waals surface area contributed by atoms with Gasteiger partial charge in [-0.05, 0) is 6.92 Å². The molecule has 0 saturated carbocycles. The van der Waals surface area contributed by atoms with Crippen molar-refractivity contribution in [3.05, 3.63) is 0 Å². The minimum absolute atomic E-state index is 0.0231. The highest BCUT2D eigenvalue weighted by Crippen LogP contribution is 2.09. The van der Waals surface area contributed by atoms with E-state index in [4.69, 9.17) is 0 Å². The first kappa shape index (κ1) is 10.4. The fourth-order valence-electron chi connectivity index (χ4n) is 1.29. The molecular formula is C9H13BrN2O. The third-order valence-electron chi connectivity index (χ3n) is 2.09. The van der Waals surface area contributed by atoms with E-state index < -0.39 is 0 Å². The summed E-state index contributed by atoms with van der Waals surface area (Å²) >= 11 is 3.23. The van der Waals surface area contributed by atoms with Crippen LogP contribution in [-0.2, 0) is 0 Å². The molecule has 0 aromatic rings. The summed E-state index contributed by atoms with van der Waals surface area (Å²) < 4.78 is 0. The summed E-state index contributed by atoms with van der Waals surface area (Å²) in [5, 5.41) is 0.662. The van der Waals surface area contributed by atoms with E-state index >= 15 is 0 Å². The minimum atomic E-state index is 0.0231. The van der Waals surface area contributed by atoms with E-state index in [1.165, 1.54) is 0 Å². The summed E-state index contributed by atoms with van der Waals surface area (Å²) in [5.41, 5.74) is 0. The average Bonchev–Trinajstić information content (AvgIpc) is 2.44. The van der Waals surface area contributed by atoms with E-state index in [0.29, 0.717) is 5.33 Å². The second-order valence-electron chi connectivity index (χ2n) is 3.03. The number of rotatable bonds is 1. The van der Waals surface area contributed by atoms with E-state index in [1.807, 2.05) is 14.0 Å². The van der Waals surface area contributed by atoms with E-state index in [2.05, 4.69) is 27.8 Å². The fourth-order valence-corrected chi connectivity index (χ4v) is 1.45. The van der Waals surface area contributed by atoms with Crippen LogP contribution in [0.25, 0.3) is 0 Å². The topological polar surface area (TPSA) is 23.6 Å². The van der Waals surface area contributed by atoms with Gasteiger partial charge in [0.1, 0.15) is 0 Å². The molecule has 1 fully saturated rings. The number of likely N-dealkylation sites (N-methyl/N-ethyl adjacent to an activating group) is 1. The molecule has 0 aliphatic carbocycles. The quantitative estimate of drug-likeness (QED) is 0.502. The molecule has 1 heterocycles. The molecule has 0 aromatic carbocycles. The normalized spacial score (nSPS) is 18.5. The highest BCUT2D eigenvalue weighted by molar-refractivity contribution is 9.09. The third kappa shape index (κ3) is 2.38. The van der Waals surface area contributed by atoms with Crippen molar-refractivity contribution in [1.29, 1.82) is 0 Å². The van der Waals surface area contributed by atoms with Gasteiger partial charge in [-0.2, -0.15) is 0 Å². The van der Waals surface area contributed by atoms with Crippen LogP contribution in [-0.4, -0.2) is 47.3 Å². The van der Waals surface area contributed by atoms with Gasteiger partial charge in [-0.1, -0.05) is 27.8 Å². The van der Waals surface area contributed by atoms with Crippen LogP contribution >= 0.6 is 15.9 Å². The molecule has 1 rings (SSSR count). The van der Waals surface area contributed by atoms with Crippen LogP contribution in [0.4, 0.5) is 4.79 Å². The molecule has 0 aromatic heterocycles. The lowest BCUT2D eigenvalue weighted by Gasteiger charge is -2.19. The molecule has 13 heavy (non-hydrogen) atoms. The smallest absolute Gasteiger partial charge is 0.320 e. The van der Waals surface area contributed by atoms with Gasteiger partial charge in [0.25, 0.3) is 0 Å². The number of hydrogen-bond acceptors (Lipinski definition) is 1. The maximum atomic E-state index is 11.5. The van der Waals surface area contributed by atoms with Crippen LogP contribution < -0.4 is 0 Å². The van der Waals surface area contributed by atoms with Crippen molar-refractivity contribution in [1.82, 2.24) is 9.80 Å². The molecule has 3 nitrogen and oxygen atoms in total. The summed E-state index contributed by atoms with van der Waals surface area (Å²) in [6.07, 6.45) is 0. The van der Waals surface area contributed by atoms with Gasteiger partial charge in [0.15, 0.2) is 0 Å². The number of alkyl halides is 1. The summed E-state index contributed by atoms with van der Waals surface area (Å²) in [4.78, 5) is 15.0. The number of amides is 2. The number of hydrogen-bond donors (Lipinski definition) is 0. The van der Waals surface area contributed by atoms with Crippen molar-refractivity contribution in [3.8, 4) is 11.8 Å². The number of nitrogens with zero attached hydrogens (tertiary/aromatic N) is 2. The Labute approximate surface area is 87.2 Å². The predicted octanol–water partition coefficient (Wildman–Crippen LogP) is 1.14. The molecule has 0 N–H and O–H groups in total. The van der Waals surface area contributed by atoms with Crippen LogP contribution in [0.3, 0.4) is 0 Å². The number of urea groups is 1. The van der Waals surface area contributed by atoms with Crippen molar-refractivity contribution < 1.29 is 4.79 Å². The Kier molecular flexibility index (Phi) is 3.61. The lowest BCUT2D eigenvalue weighted by atomic mass is 10.3. The molecule has 2 amide bonds. The first-order valence-electron chi connectivity index (χ1n) is 4.23. The summed E-state index contributed by atoms with van der Waals surface area (Å²) in [6.45, 7) is 3.54. The third-order valence-corrected chi connectivity index (χ3v) is 2.37. The maximum absolute atomic E-state index is 11.5. The Balaban J connectivity index is 2.58. The monoisotopic (exact) mass is 244 g/mol. The van der Waals surface area contributed by atoms with E-state index in [1.54, 1.807) is 9.80 Å². The molecule has 0 bridgehead atoms. The van der Waals surface area contributed by atoms with Crippen molar-refractivity contribution in [2.75, 3.05) is 25.5 Å². The Morgan fingerprint density at radius 3 is 2.77 bits per heavy atom. The van der Waals surface area contributed by atoms with Crippen LogP contribution in [0.5, 0.6) is 0 Å². The van der Waals surface area contributed by atoms with Gasteiger partial charge in [0, 0.05) is 20.1 Å². The van der Waals surface area contributed by atoms with E-state index in [0.717, 1.165) is 13.1 Å². The summed E-state index contributed by atoms with van der Waals surface area (Å²) in [5.74, 6) is 5.92. The minimum Gasteiger partial charge on any atom is -0.326 e. The molecule has 1 saturated heterocycles. The zero-order valence-corrected chi connectivity index (χ0v) is 9.47. The van der Waals surface area contributed by atoms with Gasteiger partial charge in [-0.15, -0.1) is 0 Å². The van der Waals surface area contributed by atoms with Crippen molar-refractivity contribution >= 4 is 22.0 Å².